The first-order valence-corrected chi connectivity index (χ1v) is 11.2. The van der Waals surface area contributed by atoms with Crippen molar-refractivity contribution in [3.63, 3.8) is 0 Å². The van der Waals surface area contributed by atoms with Crippen molar-refractivity contribution < 1.29 is 9.21 Å². The van der Waals surface area contributed by atoms with E-state index in [4.69, 9.17) is 27.6 Å². The third-order valence-corrected chi connectivity index (χ3v) is 5.91. The highest BCUT2D eigenvalue weighted by atomic mass is 35.5. The van der Waals surface area contributed by atoms with E-state index in [2.05, 4.69) is 34.3 Å². The van der Waals surface area contributed by atoms with Gasteiger partial charge >= 0.3 is 0 Å². The molecule has 0 aliphatic carbocycles. The molecule has 0 aliphatic rings. The zero-order valence-electron chi connectivity index (χ0n) is 18.5. The van der Waals surface area contributed by atoms with Crippen molar-refractivity contribution >= 4 is 29.1 Å². The maximum absolute atomic E-state index is 12.3. The Morgan fingerprint density at radius 1 is 1.09 bits per heavy atom. The molecule has 6 nitrogen and oxygen atoms in total. The number of likely N-dealkylation sites (N-methyl/N-ethyl adjacent to an activating group) is 1. The van der Waals surface area contributed by atoms with Gasteiger partial charge in [0.2, 0.25) is 5.89 Å². The van der Waals surface area contributed by atoms with Gasteiger partial charge in [-0.15, -0.1) is 0 Å². The summed E-state index contributed by atoms with van der Waals surface area (Å²) in [5, 5.41) is 3.89. The van der Waals surface area contributed by atoms with Crippen LogP contribution >= 0.6 is 23.2 Å². The van der Waals surface area contributed by atoms with Crippen molar-refractivity contribution in [2.24, 2.45) is 0 Å². The maximum Gasteiger partial charge on any atom is 0.273 e. The van der Waals surface area contributed by atoms with Crippen LogP contribution in [-0.2, 0) is 13.1 Å². The number of aromatic nitrogens is 1. The predicted molar refractivity (Wildman–Crippen MR) is 128 cm³/mol. The monoisotopic (exact) mass is 474 g/mol. The number of carbonyl (C=O) groups excluding carboxylic acids is 1. The first kappa shape index (κ1) is 24.3. The zero-order valence-corrected chi connectivity index (χ0v) is 20.0. The van der Waals surface area contributed by atoms with E-state index < -0.39 is 0 Å². The van der Waals surface area contributed by atoms with Gasteiger partial charge in [-0.25, -0.2) is 4.98 Å². The minimum Gasteiger partial charge on any atom is -0.447 e. The lowest BCUT2D eigenvalue weighted by atomic mass is 10.1. The SMILES string of the molecule is C[C@@H](c1ccccc1)N(Cc1ccc(Cl)c(Cl)c1)Cc1nc(C(=O)NCCN(C)C)co1. The predicted octanol–water partition coefficient (Wildman–Crippen LogP) is 5.04. The Labute approximate surface area is 199 Å². The Balaban J connectivity index is 1.76. The van der Waals surface area contributed by atoms with E-state index >= 15 is 0 Å². The molecule has 8 heteroatoms. The minimum absolute atomic E-state index is 0.0786. The highest BCUT2D eigenvalue weighted by Crippen LogP contribution is 2.27. The van der Waals surface area contributed by atoms with E-state index in [9.17, 15) is 4.79 Å². The summed E-state index contributed by atoms with van der Waals surface area (Å²) >= 11 is 12.3. The zero-order chi connectivity index (χ0) is 23.1. The summed E-state index contributed by atoms with van der Waals surface area (Å²) in [6, 6.07) is 15.9. The van der Waals surface area contributed by atoms with Crippen molar-refractivity contribution in [1.82, 2.24) is 20.1 Å². The lowest BCUT2D eigenvalue weighted by Gasteiger charge is -2.28. The number of hydrogen-bond donors (Lipinski definition) is 1. The van der Waals surface area contributed by atoms with Gasteiger partial charge < -0.3 is 14.6 Å². The molecular formula is C24H28Cl2N4O2. The quantitative estimate of drug-likeness (QED) is 0.446. The molecule has 1 heterocycles. The summed E-state index contributed by atoms with van der Waals surface area (Å²) in [5.41, 5.74) is 2.47. The maximum atomic E-state index is 12.3. The molecule has 1 N–H and O–H groups in total. The van der Waals surface area contributed by atoms with Gasteiger partial charge in [0, 0.05) is 25.7 Å². The van der Waals surface area contributed by atoms with E-state index in [1.807, 2.05) is 49.3 Å². The minimum atomic E-state index is -0.242. The summed E-state index contributed by atoms with van der Waals surface area (Å²) < 4.78 is 5.64. The molecular weight excluding hydrogens is 447 g/mol. The lowest BCUT2D eigenvalue weighted by Crippen LogP contribution is -2.31. The molecule has 0 unspecified atom stereocenters. The number of hydrogen-bond acceptors (Lipinski definition) is 5. The second kappa shape index (κ2) is 11.5. The highest BCUT2D eigenvalue weighted by Gasteiger charge is 2.20. The van der Waals surface area contributed by atoms with Crippen molar-refractivity contribution in [2.45, 2.75) is 26.1 Å². The van der Waals surface area contributed by atoms with Gasteiger partial charge in [0.1, 0.15) is 6.26 Å². The van der Waals surface area contributed by atoms with Crippen LogP contribution in [0.25, 0.3) is 0 Å². The smallest absolute Gasteiger partial charge is 0.273 e. The lowest BCUT2D eigenvalue weighted by molar-refractivity contribution is 0.0946. The second-order valence-electron chi connectivity index (χ2n) is 7.93. The first-order valence-electron chi connectivity index (χ1n) is 10.4. The molecule has 0 saturated heterocycles. The van der Waals surface area contributed by atoms with Crippen LogP contribution in [0.1, 0.15) is 40.5 Å². The second-order valence-corrected chi connectivity index (χ2v) is 8.74. The number of rotatable bonds is 10. The molecule has 0 spiro atoms. The van der Waals surface area contributed by atoms with Crippen LogP contribution < -0.4 is 5.32 Å². The third kappa shape index (κ3) is 6.81. The van der Waals surface area contributed by atoms with Gasteiger partial charge in [0.25, 0.3) is 5.91 Å². The Kier molecular flexibility index (Phi) is 8.70. The molecule has 0 bridgehead atoms. The number of benzene rings is 2. The summed E-state index contributed by atoms with van der Waals surface area (Å²) in [6.07, 6.45) is 1.41. The average Bonchev–Trinajstić information content (AvgIpc) is 3.24. The van der Waals surface area contributed by atoms with E-state index in [0.29, 0.717) is 35.6 Å². The third-order valence-electron chi connectivity index (χ3n) is 5.17. The normalized spacial score (nSPS) is 12.3. The number of halogens is 2. The van der Waals surface area contributed by atoms with Crippen LogP contribution in [0, 0.1) is 0 Å². The molecule has 0 saturated carbocycles. The Morgan fingerprint density at radius 3 is 2.53 bits per heavy atom. The summed E-state index contributed by atoms with van der Waals surface area (Å²) in [6.45, 7) is 4.47. The van der Waals surface area contributed by atoms with E-state index in [-0.39, 0.29) is 17.6 Å². The van der Waals surface area contributed by atoms with Crippen molar-refractivity contribution in [3.8, 4) is 0 Å². The Hall–Kier alpha value is -2.38. The van der Waals surface area contributed by atoms with Crippen molar-refractivity contribution in [2.75, 3.05) is 27.2 Å². The molecule has 1 aromatic heterocycles. The van der Waals surface area contributed by atoms with E-state index in [0.717, 1.165) is 12.1 Å². The van der Waals surface area contributed by atoms with Crippen LogP contribution in [0.15, 0.2) is 59.2 Å². The van der Waals surface area contributed by atoms with Gasteiger partial charge in [-0.1, -0.05) is 59.6 Å². The first-order chi connectivity index (χ1) is 15.3. The molecule has 1 amide bonds. The van der Waals surface area contributed by atoms with Crippen LogP contribution in [0.5, 0.6) is 0 Å². The van der Waals surface area contributed by atoms with Gasteiger partial charge in [-0.05, 0) is 44.3 Å². The summed E-state index contributed by atoms with van der Waals surface area (Å²) in [4.78, 5) is 21.0. The largest absolute Gasteiger partial charge is 0.447 e. The number of amides is 1. The van der Waals surface area contributed by atoms with Gasteiger partial charge in [0.05, 0.1) is 16.6 Å². The van der Waals surface area contributed by atoms with Crippen molar-refractivity contribution in [3.05, 3.63) is 87.6 Å². The summed E-state index contributed by atoms with van der Waals surface area (Å²) in [5.74, 6) is 0.236. The molecule has 2 aromatic carbocycles. The molecule has 0 radical (unpaired) electrons. The van der Waals surface area contributed by atoms with Gasteiger partial charge in [0.15, 0.2) is 5.69 Å². The fraction of sp³-hybridized carbons (Fsp3) is 0.333. The molecule has 0 fully saturated rings. The number of nitrogens with zero attached hydrogens (tertiary/aromatic N) is 3. The number of nitrogens with one attached hydrogen (secondary N) is 1. The molecule has 170 valence electrons. The van der Waals surface area contributed by atoms with Crippen molar-refractivity contribution in [1.29, 1.82) is 0 Å². The average molecular weight is 475 g/mol. The van der Waals surface area contributed by atoms with E-state index in [1.165, 1.54) is 11.8 Å². The molecule has 3 rings (SSSR count). The molecule has 0 aliphatic heterocycles. The standard InChI is InChI=1S/C24H28Cl2N4O2/c1-17(19-7-5-4-6-8-19)30(14-18-9-10-20(25)21(26)13-18)15-23-28-22(16-32-23)24(31)27-11-12-29(2)3/h4-10,13,16-17H,11-12,14-15H2,1-3H3,(H,27,31)/t17-/m0/s1. The molecule has 3 aromatic rings. The fourth-order valence-electron chi connectivity index (χ4n) is 3.29. The Bertz CT molecular complexity index is 1020. The van der Waals surface area contributed by atoms with Crippen LogP contribution in [0.3, 0.4) is 0 Å². The molecule has 1 atom stereocenters. The fourth-order valence-corrected chi connectivity index (χ4v) is 3.61. The Morgan fingerprint density at radius 2 is 1.84 bits per heavy atom. The van der Waals surface area contributed by atoms with Crippen LogP contribution in [0.2, 0.25) is 10.0 Å². The van der Waals surface area contributed by atoms with Gasteiger partial charge in [-0.2, -0.15) is 0 Å². The molecule has 32 heavy (non-hydrogen) atoms. The number of carbonyl (C=O) groups is 1. The van der Waals surface area contributed by atoms with Crippen LogP contribution in [0.4, 0.5) is 0 Å². The topological polar surface area (TPSA) is 61.6 Å². The number of oxazole rings is 1. The van der Waals surface area contributed by atoms with Crippen LogP contribution in [-0.4, -0.2) is 47.9 Å². The highest BCUT2D eigenvalue weighted by molar-refractivity contribution is 6.42. The van der Waals surface area contributed by atoms with Gasteiger partial charge in [-0.3, -0.25) is 9.69 Å². The van der Waals surface area contributed by atoms with E-state index in [1.54, 1.807) is 6.07 Å². The summed E-state index contributed by atoms with van der Waals surface area (Å²) in [7, 11) is 3.91.